The second-order valence-electron chi connectivity index (χ2n) is 7.24. The molecular weight excluding hydrogens is 444 g/mol. The molecule has 3 N–H and O–H groups in total. The largest absolute Gasteiger partial charge is 0.489 e. The zero-order valence-electron chi connectivity index (χ0n) is 17.6. The van der Waals surface area contributed by atoms with Crippen LogP contribution in [-0.2, 0) is 6.61 Å². The van der Waals surface area contributed by atoms with E-state index in [2.05, 4.69) is 10.3 Å². The quantitative estimate of drug-likeness (QED) is 0.295. The number of aromatic nitrogens is 1. The van der Waals surface area contributed by atoms with E-state index in [4.69, 9.17) is 10.5 Å². The van der Waals surface area contributed by atoms with Crippen LogP contribution in [0.3, 0.4) is 0 Å². The SMILES string of the molecule is Cc1cc(N)c2cc(NC(=O)c3ccccc3COc3cccc([N+](=O)[O-])c3)ccc2n1.Cl. The number of fused-ring (bicyclic) bond motifs is 1. The number of hydrogen-bond donors (Lipinski definition) is 2. The normalized spacial score (nSPS) is 10.3. The lowest BCUT2D eigenvalue weighted by Gasteiger charge is -2.12. The van der Waals surface area contributed by atoms with E-state index in [-0.39, 0.29) is 30.6 Å². The van der Waals surface area contributed by atoms with Crippen molar-refractivity contribution in [2.24, 2.45) is 0 Å². The van der Waals surface area contributed by atoms with Gasteiger partial charge in [0.15, 0.2) is 0 Å². The molecule has 8 nitrogen and oxygen atoms in total. The van der Waals surface area contributed by atoms with Crippen LogP contribution in [0, 0.1) is 17.0 Å². The molecule has 4 rings (SSSR count). The number of halogens is 1. The summed E-state index contributed by atoms with van der Waals surface area (Å²) in [6, 6.07) is 20.1. The van der Waals surface area contributed by atoms with Gasteiger partial charge in [0.25, 0.3) is 11.6 Å². The molecule has 3 aromatic carbocycles. The zero-order chi connectivity index (χ0) is 22.7. The standard InChI is InChI=1S/C24H20N4O4.ClH/c1-15-11-22(25)21-12-17(9-10-23(21)26-15)27-24(29)20-8-3-2-5-16(20)14-32-19-7-4-6-18(13-19)28(30)31;/h2-13H,14H2,1H3,(H2,25,26)(H,27,29);1H. The number of hydrogen-bond acceptors (Lipinski definition) is 6. The Hall–Kier alpha value is -4.17. The highest BCUT2D eigenvalue weighted by atomic mass is 35.5. The van der Waals surface area contributed by atoms with Gasteiger partial charge in [-0.2, -0.15) is 0 Å². The van der Waals surface area contributed by atoms with Crippen LogP contribution in [0.25, 0.3) is 10.9 Å². The van der Waals surface area contributed by atoms with Crippen molar-refractivity contribution in [2.45, 2.75) is 13.5 Å². The number of nitrogens with one attached hydrogen (secondary N) is 1. The van der Waals surface area contributed by atoms with Crippen LogP contribution in [0.5, 0.6) is 5.75 Å². The number of aryl methyl sites for hydroxylation is 1. The summed E-state index contributed by atoms with van der Waals surface area (Å²) in [5, 5.41) is 14.6. The highest BCUT2D eigenvalue weighted by molar-refractivity contribution is 6.06. The maximum Gasteiger partial charge on any atom is 0.273 e. The molecule has 0 aliphatic rings. The van der Waals surface area contributed by atoms with Crippen LogP contribution in [0.4, 0.5) is 17.1 Å². The molecule has 1 amide bonds. The van der Waals surface area contributed by atoms with Gasteiger partial charge < -0.3 is 15.8 Å². The molecule has 0 aliphatic heterocycles. The molecular formula is C24H21ClN4O4. The van der Waals surface area contributed by atoms with Crippen molar-refractivity contribution in [3.05, 3.63) is 99.7 Å². The van der Waals surface area contributed by atoms with Crippen LogP contribution >= 0.6 is 12.4 Å². The van der Waals surface area contributed by atoms with Gasteiger partial charge in [0, 0.05) is 39.6 Å². The monoisotopic (exact) mass is 464 g/mol. The molecule has 168 valence electrons. The van der Waals surface area contributed by atoms with Crippen molar-refractivity contribution in [1.29, 1.82) is 0 Å². The Kier molecular flexibility index (Phi) is 7.10. The molecule has 0 bridgehead atoms. The molecule has 0 spiro atoms. The molecule has 4 aromatic rings. The van der Waals surface area contributed by atoms with E-state index in [1.165, 1.54) is 12.1 Å². The molecule has 0 unspecified atom stereocenters. The summed E-state index contributed by atoms with van der Waals surface area (Å²) in [5.41, 5.74) is 9.89. The van der Waals surface area contributed by atoms with Gasteiger partial charge in [0.2, 0.25) is 0 Å². The fraction of sp³-hybridized carbons (Fsp3) is 0.0833. The van der Waals surface area contributed by atoms with Gasteiger partial charge in [0.1, 0.15) is 12.4 Å². The fourth-order valence-corrected chi connectivity index (χ4v) is 3.38. The van der Waals surface area contributed by atoms with Crippen molar-refractivity contribution in [2.75, 3.05) is 11.1 Å². The van der Waals surface area contributed by atoms with Crippen LogP contribution in [0.2, 0.25) is 0 Å². The molecule has 0 atom stereocenters. The summed E-state index contributed by atoms with van der Waals surface area (Å²) in [5.74, 6) is 0.0449. The third-order valence-electron chi connectivity index (χ3n) is 4.91. The number of nitrogens with zero attached hydrogens (tertiary/aromatic N) is 2. The fourth-order valence-electron chi connectivity index (χ4n) is 3.38. The van der Waals surface area contributed by atoms with E-state index in [1.54, 1.807) is 54.6 Å². The lowest BCUT2D eigenvalue weighted by molar-refractivity contribution is -0.384. The van der Waals surface area contributed by atoms with Crippen molar-refractivity contribution < 1.29 is 14.5 Å². The summed E-state index contributed by atoms with van der Waals surface area (Å²) in [4.78, 5) is 27.9. The minimum atomic E-state index is -0.485. The molecule has 0 aliphatic carbocycles. The minimum Gasteiger partial charge on any atom is -0.489 e. The summed E-state index contributed by atoms with van der Waals surface area (Å²) in [6.07, 6.45) is 0. The van der Waals surface area contributed by atoms with E-state index in [9.17, 15) is 14.9 Å². The average Bonchev–Trinajstić information content (AvgIpc) is 2.78. The number of anilines is 2. The summed E-state index contributed by atoms with van der Waals surface area (Å²) < 4.78 is 5.70. The van der Waals surface area contributed by atoms with Crippen LogP contribution in [0.15, 0.2) is 72.8 Å². The number of nitro benzene ring substituents is 1. The first kappa shape index (κ1) is 23.5. The highest BCUT2D eigenvalue weighted by Gasteiger charge is 2.13. The number of non-ortho nitro benzene ring substituents is 1. The molecule has 33 heavy (non-hydrogen) atoms. The van der Waals surface area contributed by atoms with Gasteiger partial charge >= 0.3 is 0 Å². The van der Waals surface area contributed by atoms with Gasteiger partial charge in [0.05, 0.1) is 16.5 Å². The first-order valence-corrected chi connectivity index (χ1v) is 9.84. The van der Waals surface area contributed by atoms with Gasteiger partial charge in [-0.1, -0.05) is 24.3 Å². The maximum atomic E-state index is 13.0. The zero-order valence-corrected chi connectivity index (χ0v) is 18.5. The smallest absolute Gasteiger partial charge is 0.273 e. The second kappa shape index (κ2) is 9.97. The minimum absolute atomic E-state index is 0. The number of carbonyl (C=O) groups excluding carboxylic acids is 1. The van der Waals surface area contributed by atoms with Gasteiger partial charge in [-0.25, -0.2) is 0 Å². The number of carbonyl (C=O) groups is 1. The van der Waals surface area contributed by atoms with Crippen LogP contribution in [0.1, 0.15) is 21.6 Å². The Morgan fingerprint density at radius 2 is 1.88 bits per heavy atom. The Morgan fingerprint density at radius 3 is 2.67 bits per heavy atom. The van der Waals surface area contributed by atoms with Crippen molar-refractivity contribution in [3.63, 3.8) is 0 Å². The Bertz CT molecular complexity index is 1340. The summed E-state index contributed by atoms with van der Waals surface area (Å²) in [7, 11) is 0. The predicted molar refractivity (Wildman–Crippen MR) is 130 cm³/mol. The molecule has 0 radical (unpaired) electrons. The van der Waals surface area contributed by atoms with E-state index in [0.29, 0.717) is 28.3 Å². The van der Waals surface area contributed by atoms with Crippen LogP contribution in [-0.4, -0.2) is 15.8 Å². The second-order valence-corrected chi connectivity index (χ2v) is 7.24. The lowest BCUT2D eigenvalue weighted by atomic mass is 10.1. The van der Waals surface area contributed by atoms with E-state index >= 15 is 0 Å². The summed E-state index contributed by atoms with van der Waals surface area (Å²) >= 11 is 0. The van der Waals surface area contributed by atoms with E-state index in [0.717, 1.165) is 16.6 Å². The number of pyridine rings is 1. The number of benzene rings is 3. The topological polar surface area (TPSA) is 120 Å². The average molecular weight is 465 g/mol. The van der Waals surface area contributed by atoms with Crippen molar-refractivity contribution in [3.8, 4) is 5.75 Å². The van der Waals surface area contributed by atoms with Gasteiger partial charge in [-0.15, -0.1) is 12.4 Å². The Morgan fingerprint density at radius 1 is 1.09 bits per heavy atom. The molecule has 0 fully saturated rings. The third-order valence-corrected chi connectivity index (χ3v) is 4.91. The Balaban J connectivity index is 0.00000306. The van der Waals surface area contributed by atoms with Crippen LogP contribution < -0.4 is 15.8 Å². The first-order chi connectivity index (χ1) is 15.4. The number of nitro groups is 1. The third kappa shape index (κ3) is 5.36. The molecule has 9 heteroatoms. The highest BCUT2D eigenvalue weighted by Crippen LogP contribution is 2.25. The number of nitrogen functional groups attached to an aromatic ring is 1. The molecule has 0 saturated carbocycles. The number of ether oxygens (including phenoxy) is 1. The summed E-state index contributed by atoms with van der Waals surface area (Å²) in [6.45, 7) is 1.96. The Labute approximate surface area is 196 Å². The van der Waals surface area contributed by atoms with E-state index in [1.807, 2.05) is 13.0 Å². The van der Waals surface area contributed by atoms with Crippen molar-refractivity contribution >= 4 is 46.3 Å². The maximum absolute atomic E-state index is 13.0. The van der Waals surface area contributed by atoms with Crippen molar-refractivity contribution in [1.82, 2.24) is 4.98 Å². The number of rotatable bonds is 6. The first-order valence-electron chi connectivity index (χ1n) is 9.84. The lowest BCUT2D eigenvalue weighted by Crippen LogP contribution is -2.15. The number of amides is 1. The van der Waals surface area contributed by atoms with Gasteiger partial charge in [-0.3, -0.25) is 19.9 Å². The molecule has 1 heterocycles. The molecule has 0 saturated heterocycles. The predicted octanol–water partition coefficient (Wildman–Crippen LogP) is 5.29. The van der Waals surface area contributed by atoms with E-state index < -0.39 is 4.92 Å². The van der Waals surface area contributed by atoms with Gasteiger partial charge in [-0.05, 0) is 43.3 Å². The number of nitrogens with two attached hydrogens (primary N) is 1. The molecule has 1 aromatic heterocycles.